The van der Waals surface area contributed by atoms with Crippen molar-refractivity contribution < 1.29 is 121 Å². The van der Waals surface area contributed by atoms with E-state index >= 15 is 0 Å². The molecule has 0 aliphatic heterocycles. The van der Waals surface area contributed by atoms with Gasteiger partial charge in [0.2, 0.25) is 0 Å². The van der Waals surface area contributed by atoms with Gasteiger partial charge in [0.1, 0.15) is 10.1 Å². The fourth-order valence-corrected chi connectivity index (χ4v) is 1.97. The maximum absolute atomic E-state index is 10.7. The zero-order valence-electron chi connectivity index (χ0n) is 10.5. The van der Waals surface area contributed by atoms with Crippen LogP contribution >= 0.6 is 0 Å². The first-order valence-electron chi connectivity index (χ1n) is 3.76. The third-order valence-corrected chi connectivity index (χ3v) is 2.64. The Labute approximate surface area is 175 Å². The molecule has 0 atom stereocenters. The largest absolute Gasteiger partial charge is 1.00 e. The van der Waals surface area contributed by atoms with Crippen LogP contribution in [0.15, 0.2) is 23.1 Å². The molecule has 0 fully saturated rings. The van der Waals surface area contributed by atoms with E-state index in [1.165, 1.54) is 0 Å². The van der Waals surface area contributed by atoms with Crippen molar-refractivity contribution in [2.75, 3.05) is 0 Å². The fourth-order valence-electron chi connectivity index (χ4n) is 1.13. The van der Waals surface area contributed by atoms with E-state index in [0.29, 0.717) is 0 Å². The molecule has 1 rings (SSSR count). The number of carbonyl (C=O) groups is 2. The SMILES string of the molecule is O=C([O-])c1cccc(C(=O)[O-])c1S(=O)(=O)[O-].[Na+].[Na+].[Na+]. The molecule has 0 radical (unpaired) electrons. The smallest absolute Gasteiger partial charge is 0.744 e. The molecule has 0 unspecified atom stereocenters. The Hall–Kier alpha value is 1.07. The Morgan fingerprint density at radius 3 is 1.42 bits per heavy atom. The Kier molecular flexibility index (Phi) is 13.1. The maximum atomic E-state index is 10.7. The van der Waals surface area contributed by atoms with Gasteiger partial charge in [-0.15, -0.1) is 0 Å². The van der Waals surface area contributed by atoms with Crippen molar-refractivity contribution in [3.63, 3.8) is 0 Å². The summed E-state index contributed by atoms with van der Waals surface area (Å²) in [7, 11) is -5.25. The molecule has 0 heterocycles. The van der Waals surface area contributed by atoms with E-state index in [1.807, 2.05) is 0 Å². The van der Waals surface area contributed by atoms with Crippen molar-refractivity contribution in [2.45, 2.75) is 4.90 Å². The molecule has 0 bridgehead atoms. The summed E-state index contributed by atoms with van der Waals surface area (Å²) in [5, 5.41) is 21.0. The van der Waals surface area contributed by atoms with E-state index in [1.54, 1.807) is 0 Å². The van der Waals surface area contributed by atoms with Crippen molar-refractivity contribution in [1.82, 2.24) is 0 Å². The van der Waals surface area contributed by atoms with Gasteiger partial charge in [0.05, 0.1) is 16.8 Å². The predicted octanol–water partition coefficient (Wildman–Crippen LogP) is -11.7. The Balaban J connectivity index is -0.000000853. The Morgan fingerprint density at radius 1 is 0.895 bits per heavy atom. The first-order chi connectivity index (χ1) is 7.25. The van der Waals surface area contributed by atoms with Gasteiger partial charge < -0.3 is 24.4 Å². The monoisotopic (exact) mass is 312 g/mol. The Bertz CT molecular complexity index is 537. The summed E-state index contributed by atoms with van der Waals surface area (Å²) in [6.07, 6.45) is 0. The van der Waals surface area contributed by atoms with Crippen molar-refractivity contribution in [2.24, 2.45) is 0 Å². The third-order valence-electron chi connectivity index (χ3n) is 1.70. The van der Waals surface area contributed by atoms with Crippen molar-refractivity contribution in [3.05, 3.63) is 29.3 Å². The third kappa shape index (κ3) is 6.58. The number of carboxylic acid groups (broad SMARTS) is 2. The topological polar surface area (TPSA) is 137 Å². The van der Waals surface area contributed by atoms with Gasteiger partial charge in [0.25, 0.3) is 0 Å². The van der Waals surface area contributed by atoms with E-state index in [9.17, 15) is 32.8 Å². The number of carbonyl (C=O) groups excluding carboxylic acids is 2. The van der Waals surface area contributed by atoms with E-state index in [-0.39, 0.29) is 88.7 Å². The normalized spacial score (nSPS) is 9.32. The second-order valence-electron chi connectivity index (χ2n) is 2.71. The molecule has 0 saturated heterocycles. The molecule has 86 valence electrons. The van der Waals surface area contributed by atoms with Crippen LogP contribution in [0.4, 0.5) is 0 Å². The number of benzene rings is 1. The van der Waals surface area contributed by atoms with Crippen LogP contribution in [0.2, 0.25) is 0 Å². The van der Waals surface area contributed by atoms with E-state index in [2.05, 4.69) is 0 Å². The first kappa shape index (κ1) is 25.0. The minimum atomic E-state index is -5.25. The summed E-state index contributed by atoms with van der Waals surface area (Å²) in [6, 6.07) is 2.48. The maximum Gasteiger partial charge on any atom is 1.00 e. The van der Waals surface area contributed by atoms with Gasteiger partial charge in [-0.25, -0.2) is 8.42 Å². The average molecular weight is 312 g/mol. The standard InChI is InChI=1S/C8H6O7S.3Na/c9-7(10)4-2-1-3-5(8(11)12)6(4)16(13,14)15;;;/h1-3H,(H,9,10)(H,11,12)(H,13,14,15);;;/q;3*+1/p-3. The van der Waals surface area contributed by atoms with Crippen LogP contribution in [0.3, 0.4) is 0 Å². The van der Waals surface area contributed by atoms with Crippen LogP contribution in [0.25, 0.3) is 0 Å². The van der Waals surface area contributed by atoms with E-state index in [4.69, 9.17) is 0 Å². The molecule has 1 aromatic rings. The molecular weight excluding hydrogens is 309 g/mol. The molecule has 11 heteroatoms. The summed E-state index contributed by atoms with van der Waals surface area (Å²) in [6.45, 7) is 0. The predicted molar refractivity (Wildman–Crippen MR) is 43.1 cm³/mol. The molecule has 1 aromatic carbocycles. The fraction of sp³-hybridized carbons (Fsp3) is 0. The summed E-state index contributed by atoms with van der Waals surface area (Å²) in [4.78, 5) is 19.7. The molecule has 0 aliphatic carbocycles. The molecule has 19 heavy (non-hydrogen) atoms. The molecule has 0 aromatic heterocycles. The van der Waals surface area contributed by atoms with Crippen molar-refractivity contribution in [3.8, 4) is 0 Å². The number of aromatic carboxylic acids is 2. The van der Waals surface area contributed by atoms with Crippen LogP contribution in [-0.2, 0) is 10.1 Å². The molecule has 7 nitrogen and oxygen atoms in total. The zero-order chi connectivity index (χ0) is 12.5. The van der Waals surface area contributed by atoms with Crippen LogP contribution < -0.4 is 98.9 Å². The van der Waals surface area contributed by atoms with Gasteiger partial charge in [-0.2, -0.15) is 0 Å². The number of rotatable bonds is 3. The molecule has 0 spiro atoms. The second kappa shape index (κ2) is 9.91. The van der Waals surface area contributed by atoms with Gasteiger partial charge in [-0.1, -0.05) is 18.2 Å². The second-order valence-corrected chi connectivity index (χ2v) is 4.03. The van der Waals surface area contributed by atoms with Crippen LogP contribution in [0.5, 0.6) is 0 Å². The molecule has 0 saturated carbocycles. The average Bonchev–Trinajstić information content (AvgIpc) is 2.15. The van der Waals surface area contributed by atoms with Crippen molar-refractivity contribution >= 4 is 22.1 Å². The first-order valence-corrected chi connectivity index (χ1v) is 5.17. The number of hydrogen-bond donors (Lipinski definition) is 0. The van der Waals surface area contributed by atoms with Gasteiger partial charge in [0.15, 0.2) is 0 Å². The van der Waals surface area contributed by atoms with Gasteiger partial charge in [-0.3, -0.25) is 0 Å². The minimum absolute atomic E-state index is 0. The summed E-state index contributed by atoms with van der Waals surface area (Å²) in [5.74, 6) is -3.92. The zero-order valence-corrected chi connectivity index (χ0v) is 17.3. The summed E-state index contributed by atoms with van der Waals surface area (Å²) < 4.78 is 32.2. The number of hydrogen-bond acceptors (Lipinski definition) is 7. The summed E-state index contributed by atoms with van der Waals surface area (Å²) >= 11 is 0. The van der Waals surface area contributed by atoms with Gasteiger partial charge in [0, 0.05) is 11.1 Å². The molecule has 0 N–H and O–H groups in total. The Morgan fingerprint density at radius 2 is 1.21 bits per heavy atom. The van der Waals surface area contributed by atoms with Gasteiger partial charge in [-0.05, 0) is 0 Å². The molecule has 0 amide bonds. The van der Waals surface area contributed by atoms with Crippen LogP contribution in [0, 0.1) is 0 Å². The van der Waals surface area contributed by atoms with Gasteiger partial charge >= 0.3 is 88.7 Å². The minimum Gasteiger partial charge on any atom is -0.744 e. The molecular formula is C8H3Na3O7S. The summed E-state index contributed by atoms with van der Waals surface area (Å²) in [5.41, 5.74) is -2.01. The van der Waals surface area contributed by atoms with Crippen LogP contribution in [0.1, 0.15) is 20.7 Å². The van der Waals surface area contributed by atoms with Crippen LogP contribution in [-0.4, -0.2) is 24.9 Å². The van der Waals surface area contributed by atoms with E-state index < -0.39 is 38.1 Å². The van der Waals surface area contributed by atoms with Crippen molar-refractivity contribution in [1.29, 1.82) is 0 Å². The van der Waals surface area contributed by atoms with E-state index in [0.717, 1.165) is 18.2 Å². The quantitative estimate of drug-likeness (QED) is 0.399. The molecule has 0 aliphatic rings. The number of carboxylic acids is 2.